The van der Waals surface area contributed by atoms with Crippen molar-refractivity contribution in [3.05, 3.63) is 0 Å². The van der Waals surface area contributed by atoms with Crippen molar-refractivity contribution in [3.63, 3.8) is 0 Å². The van der Waals surface area contributed by atoms with Crippen LogP contribution >= 0.6 is 0 Å². The Morgan fingerprint density at radius 1 is 1.33 bits per heavy atom. The summed E-state index contributed by atoms with van der Waals surface area (Å²) in [5.41, 5.74) is -1.54. The van der Waals surface area contributed by atoms with Crippen molar-refractivity contribution in [1.29, 1.82) is 0 Å². The van der Waals surface area contributed by atoms with Gasteiger partial charge in [0.05, 0.1) is 5.60 Å². The van der Waals surface area contributed by atoms with Crippen molar-refractivity contribution in [3.8, 4) is 0 Å². The number of hydrogen-bond donors (Lipinski definition) is 2. The van der Waals surface area contributed by atoms with Gasteiger partial charge in [0.2, 0.25) is 5.91 Å². The quantitative estimate of drug-likeness (QED) is 0.726. The average molecular weight is 257 g/mol. The Balaban J connectivity index is 2.88. The SMILES string of the molecule is CC1(O)CCCN(C(=O)C(C(=O)O)C(C)(C)C)C1. The van der Waals surface area contributed by atoms with Crippen molar-refractivity contribution in [2.45, 2.75) is 46.1 Å². The van der Waals surface area contributed by atoms with Crippen molar-refractivity contribution < 1.29 is 19.8 Å². The molecule has 0 bridgehead atoms. The molecule has 0 saturated carbocycles. The van der Waals surface area contributed by atoms with E-state index in [1.807, 2.05) is 0 Å². The molecule has 104 valence electrons. The molecule has 1 aliphatic rings. The van der Waals surface area contributed by atoms with Gasteiger partial charge < -0.3 is 15.1 Å². The third-order valence-corrected chi connectivity index (χ3v) is 3.35. The Morgan fingerprint density at radius 3 is 2.28 bits per heavy atom. The van der Waals surface area contributed by atoms with Crippen LogP contribution in [0.1, 0.15) is 40.5 Å². The summed E-state index contributed by atoms with van der Waals surface area (Å²) < 4.78 is 0. The maximum atomic E-state index is 12.3. The first-order valence-electron chi connectivity index (χ1n) is 6.28. The number of likely N-dealkylation sites (tertiary alicyclic amines) is 1. The zero-order valence-corrected chi connectivity index (χ0v) is 11.6. The Labute approximate surface area is 108 Å². The summed E-state index contributed by atoms with van der Waals surface area (Å²) in [7, 11) is 0. The van der Waals surface area contributed by atoms with Crippen molar-refractivity contribution in [2.75, 3.05) is 13.1 Å². The molecular formula is C13H23NO4. The van der Waals surface area contributed by atoms with Gasteiger partial charge in [0.15, 0.2) is 0 Å². The lowest BCUT2D eigenvalue weighted by atomic mass is 9.79. The summed E-state index contributed by atoms with van der Waals surface area (Å²) in [6.45, 7) is 7.64. The molecule has 1 aliphatic heterocycles. The average Bonchev–Trinajstić information content (AvgIpc) is 2.12. The van der Waals surface area contributed by atoms with Gasteiger partial charge >= 0.3 is 5.97 Å². The van der Waals surface area contributed by atoms with E-state index in [2.05, 4.69) is 0 Å². The lowest BCUT2D eigenvalue weighted by molar-refractivity contribution is -0.159. The standard InChI is InChI=1S/C13H23NO4/c1-12(2,3)9(11(16)17)10(15)14-7-5-6-13(4,18)8-14/h9,18H,5-8H2,1-4H3,(H,16,17). The van der Waals surface area contributed by atoms with Crippen LogP contribution < -0.4 is 0 Å². The molecule has 2 N–H and O–H groups in total. The highest BCUT2D eigenvalue weighted by molar-refractivity contribution is 5.97. The second kappa shape index (κ2) is 4.88. The summed E-state index contributed by atoms with van der Waals surface area (Å²) in [6.07, 6.45) is 1.35. The number of carbonyl (C=O) groups is 2. The van der Waals surface area contributed by atoms with Gasteiger partial charge in [0.1, 0.15) is 5.92 Å². The van der Waals surface area contributed by atoms with Gasteiger partial charge in [-0.15, -0.1) is 0 Å². The Morgan fingerprint density at radius 2 is 1.89 bits per heavy atom. The van der Waals surface area contributed by atoms with Crippen LogP contribution in [0.4, 0.5) is 0 Å². The molecule has 0 aromatic rings. The van der Waals surface area contributed by atoms with E-state index in [0.29, 0.717) is 19.4 Å². The normalized spacial score (nSPS) is 26.8. The molecule has 0 radical (unpaired) electrons. The number of piperidine rings is 1. The van der Waals surface area contributed by atoms with Gasteiger partial charge in [-0.1, -0.05) is 20.8 Å². The molecule has 0 aromatic heterocycles. The fraction of sp³-hybridized carbons (Fsp3) is 0.846. The minimum Gasteiger partial charge on any atom is -0.481 e. The van der Waals surface area contributed by atoms with E-state index >= 15 is 0 Å². The monoisotopic (exact) mass is 257 g/mol. The fourth-order valence-electron chi connectivity index (χ4n) is 2.44. The molecule has 1 heterocycles. The van der Waals surface area contributed by atoms with Crippen molar-refractivity contribution >= 4 is 11.9 Å². The maximum absolute atomic E-state index is 12.3. The number of carbonyl (C=O) groups excluding carboxylic acids is 1. The molecule has 2 unspecified atom stereocenters. The first-order valence-corrected chi connectivity index (χ1v) is 6.28. The highest BCUT2D eigenvalue weighted by Gasteiger charge is 2.42. The Bertz CT molecular complexity index is 343. The van der Waals surface area contributed by atoms with Crippen LogP contribution in [-0.2, 0) is 9.59 Å². The van der Waals surface area contributed by atoms with Crippen LogP contribution in [0, 0.1) is 11.3 Å². The lowest BCUT2D eigenvalue weighted by Gasteiger charge is -2.39. The number of aliphatic hydroxyl groups is 1. The summed E-state index contributed by atoms with van der Waals surface area (Å²) in [6, 6.07) is 0. The van der Waals surface area contributed by atoms with Gasteiger partial charge in [-0.25, -0.2) is 0 Å². The van der Waals surface area contributed by atoms with Crippen LogP contribution in [0.25, 0.3) is 0 Å². The molecule has 0 aliphatic carbocycles. The molecular weight excluding hydrogens is 234 g/mol. The smallest absolute Gasteiger partial charge is 0.316 e. The van der Waals surface area contributed by atoms with Gasteiger partial charge in [0, 0.05) is 13.1 Å². The van der Waals surface area contributed by atoms with E-state index in [1.165, 1.54) is 4.90 Å². The molecule has 1 saturated heterocycles. The molecule has 18 heavy (non-hydrogen) atoms. The minimum atomic E-state index is -1.10. The van der Waals surface area contributed by atoms with Gasteiger partial charge in [-0.05, 0) is 25.2 Å². The Kier molecular flexibility index (Phi) is 4.05. The zero-order valence-electron chi connectivity index (χ0n) is 11.6. The topological polar surface area (TPSA) is 77.8 Å². The first kappa shape index (κ1) is 15.0. The van der Waals surface area contributed by atoms with E-state index in [9.17, 15) is 19.8 Å². The van der Waals surface area contributed by atoms with Gasteiger partial charge in [-0.2, -0.15) is 0 Å². The fourth-order valence-corrected chi connectivity index (χ4v) is 2.44. The largest absolute Gasteiger partial charge is 0.481 e. The number of aliphatic carboxylic acids is 1. The third-order valence-electron chi connectivity index (χ3n) is 3.35. The van der Waals surface area contributed by atoms with E-state index in [0.717, 1.165) is 0 Å². The molecule has 1 fully saturated rings. The number of β-amino-alcohol motifs (C(OH)–C–C–N with tert-alkyl or cyclic N) is 1. The van der Waals surface area contributed by atoms with Crippen molar-refractivity contribution in [2.24, 2.45) is 11.3 Å². The minimum absolute atomic E-state index is 0.214. The van der Waals surface area contributed by atoms with E-state index in [-0.39, 0.29) is 6.54 Å². The molecule has 1 rings (SSSR count). The maximum Gasteiger partial charge on any atom is 0.316 e. The third kappa shape index (κ3) is 3.45. The predicted octanol–water partition coefficient (Wildman–Crippen LogP) is 1.11. The highest BCUT2D eigenvalue weighted by atomic mass is 16.4. The molecule has 1 amide bonds. The summed E-state index contributed by atoms with van der Waals surface area (Å²) in [5, 5.41) is 19.2. The van der Waals surface area contributed by atoms with Crippen molar-refractivity contribution in [1.82, 2.24) is 4.90 Å². The second-order valence-electron chi connectivity index (χ2n) is 6.50. The van der Waals surface area contributed by atoms with Gasteiger partial charge in [-0.3, -0.25) is 9.59 Å². The van der Waals surface area contributed by atoms with E-state index in [1.54, 1.807) is 27.7 Å². The Hall–Kier alpha value is -1.10. The van der Waals surface area contributed by atoms with Gasteiger partial charge in [0.25, 0.3) is 0 Å². The van der Waals surface area contributed by atoms with Crippen LogP contribution in [0.5, 0.6) is 0 Å². The molecule has 0 spiro atoms. The first-order chi connectivity index (χ1) is 8.04. The number of hydrogen-bond acceptors (Lipinski definition) is 3. The molecule has 5 nitrogen and oxygen atoms in total. The molecule has 2 atom stereocenters. The summed E-state index contributed by atoms with van der Waals surface area (Å²) in [5.74, 6) is -2.56. The number of carboxylic acids is 1. The van der Waals surface area contributed by atoms with Crippen LogP contribution in [0.3, 0.4) is 0 Å². The van der Waals surface area contributed by atoms with Crippen LogP contribution in [-0.4, -0.2) is 45.7 Å². The summed E-state index contributed by atoms with van der Waals surface area (Å²) >= 11 is 0. The molecule has 0 aromatic carbocycles. The molecule has 5 heteroatoms. The van der Waals surface area contributed by atoms with Crippen LogP contribution in [0.15, 0.2) is 0 Å². The summed E-state index contributed by atoms with van der Waals surface area (Å²) in [4.78, 5) is 25.1. The number of amides is 1. The predicted molar refractivity (Wildman–Crippen MR) is 67.0 cm³/mol. The zero-order chi connectivity index (χ0) is 14.1. The number of rotatable bonds is 2. The van der Waals surface area contributed by atoms with E-state index < -0.39 is 28.8 Å². The lowest BCUT2D eigenvalue weighted by Crippen LogP contribution is -2.53. The number of nitrogens with zero attached hydrogens (tertiary/aromatic N) is 1. The second-order valence-corrected chi connectivity index (χ2v) is 6.50. The van der Waals surface area contributed by atoms with E-state index in [4.69, 9.17) is 0 Å². The highest BCUT2D eigenvalue weighted by Crippen LogP contribution is 2.30. The van der Waals surface area contributed by atoms with Crippen LogP contribution in [0.2, 0.25) is 0 Å². The number of carboxylic acid groups (broad SMARTS) is 1.